The van der Waals surface area contributed by atoms with Gasteiger partial charge in [-0.25, -0.2) is 4.79 Å². The number of carbonyl (C=O) groups excluding carboxylic acids is 1. The molecule has 0 amide bonds. The summed E-state index contributed by atoms with van der Waals surface area (Å²) < 4.78 is 21.8. The van der Waals surface area contributed by atoms with Crippen LogP contribution < -0.4 is 0 Å². The molecule has 1 fully saturated rings. The lowest BCUT2D eigenvalue weighted by Gasteiger charge is -2.38. The largest absolute Gasteiger partial charge is 0.509 e. The van der Waals surface area contributed by atoms with E-state index in [0.29, 0.717) is 6.61 Å². The maximum atomic E-state index is 11.1. The van der Waals surface area contributed by atoms with Gasteiger partial charge in [-0.15, -0.1) is 0 Å². The fourth-order valence-corrected chi connectivity index (χ4v) is 2.78. The summed E-state index contributed by atoms with van der Waals surface area (Å²) in [5.41, 5.74) is 0. The smallest absolute Gasteiger partial charge is 0.492 e. The highest BCUT2D eigenvalue weighted by Crippen LogP contribution is 2.37. The van der Waals surface area contributed by atoms with E-state index < -0.39 is 20.6 Å². The Morgan fingerprint density at radius 3 is 2.63 bits per heavy atom. The van der Waals surface area contributed by atoms with Crippen LogP contribution in [0.3, 0.4) is 0 Å². The maximum absolute atomic E-state index is 11.1. The highest BCUT2D eigenvalue weighted by molar-refractivity contribution is 6.74. The van der Waals surface area contributed by atoms with E-state index in [0.717, 1.165) is 0 Å². The van der Waals surface area contributed by atoms with E-state index in [9.17, 15) is 4.79 Å². The van der Waals surface area contributed by atoms with Gasteiger partial charge in [-0.2, -0.15) is 0 Å². The van der Waals surface area contributed by atoms with Crippen molar-refractivity contribution in [3.05, 3.63) is 12.3 Å². The van der Waals surface area contributed by atoms with Crippen molar-refractivity contribution in [2.75, 3.05) is 6.61 Å². The molecule has 3 atom stereocenters. The van der Waals surface area contributed by atoms with Gasteiger partial charge in [0.25, 0.3) is 0 Å². The predicted molar refractivity (Wildman–Crippen MR) is 72.3 cm³/mol. The summed E-state index contributed by atoms with van der Waals surface area (Å²) in [5.74, 6) is 0. The minimum absolute atomic E-state index is 0.139. The average molecular weight is 286 g/mol. The number of rotatable bonds is 3. The number of ether oxygens (including phenoxy) is 3. The quantitative estimate of drug-likeness (QED) is 0.590. The van der Waals surface area contributed by atoms with E-state index in [1.807, 2.05) is 0 Å². The molecule has 0 aliphatic carbocycles. The molecule has 0 spiro atoms. The van der Waals surface area contributed by atoms with Crippen LogP contribution in [0.1, 0.15) is 20.8 Å². The Kier molecular flexibility index (Phi) is 3.66. The molecule has 1 saturated heterocycles. The van der Waals surface area contributed by atoms with Crippen LogP contribution in [0.25, 0.3) is 0 Å². The molecule has 0 aromatic carbocycles. The molecule has 5 nitrogen and oxygen atoms in total. The molecule has 2 heterocycles. The van der Waals surface area contributed by atoms with Gasteiger partial charge >= 0.3 is 6.16 Å². The van der Waals surface area contributed by atoms with E-state index >= 15 is 0 Å². The van der Waals surface area contributed by atoms with Crippen molar-refractivity contribution in [1.82, 2.24) is 0 Å². The molecule has 0 radical (unpaired) electrons. The van der Waals surface area contributed by atoms with Gasteiger partial charge in [-0.05, 0) is 24.2 Å². The van der Waals surface area contributed by atoms with Crippen molar-refractivity contribution in [3.63, 3.8) is 0 Å². The second kappa shape index (κ2) is 4.83. The first kappa shape index (κ1) is 14.4. The van der Waals surface area contributed by atoms with Crippen LogP contribution in [0.2, 0.25) is 18.1 Å². The molecule has 0 aromatic rings. The van der Waals surface area contributed by atoms with Crippen molar-refractivity contribution in [3.8, 4) is 0 Å². The zero-order chi connectivity index (χ0) is 14.3. The van der Waals surface area contributed by atoms with Crippen LogP contribution in [0.4, 0.5) is 4.79 Å². The summed E-state index contributed by atoms with van der Waals surface area (Å²) in [6, 6.07) is 0. The molecule has 108 valence electrons. The van der Waals surface area contributed by atoms with Crippen LogP contribution in [-0.4, -0.2) is 39.4 Å². The molecular formula is C13H22O5Si. The minimum Gasteiger partial charge on any atom is -0.492 e. The van der Waals surface area contributed by atoms with Crippen LogP contribution in [0.15, 0.2) is 12.3 Å². The van der Waals surface area contributed by atoms with Crippen molar-refractivity contribution < 1.29 is 23.4 Å². The summed E-state index contributed by atoms with van der Waals surface area (Å²) in [6.45, 7) is 11.3. The Bertz CT molecular complexity index is 385. The Morgan fingerprint density at radius 1 is 1.32 bits per heavy atom. The normalized spacial score (nSPS) is 30.4. The Hall–Kier alpha value is -1.01. The van der Waals surface area contributed by atoms with Gasteiger partial charge in [-0.1, -0.05) is 20.8 Å². The zero-order valence-corrected chi connectivity index (χ0v) is 13.1. The molecule has 2 rings (SSSR count). The molecule has 2 aliphatic heterocycles. The van der Waals surface area contributed by atoms with Crippen LogP contribution >= 0.6 is 0 Å². The second-order valence-electron chi connectivity index (χ2n) is 6.49. The van der Waals surface area contributed by atoms with E-state index in [1.54, 1.807) is 12.3 Å². The van der Waals surface area contributed by atoms with Gasteiger partial charge in [0.1, 0.15) is 0 Å². The first-order chi connectivity index (χ1) is 8.71. The molecule has 6 heteroatoms. The summed E-state index contributed by atoms with van der Waals surface area (Å²) in [7, 11) is -1.84. The lowest BCUT2D eigenvalue weighted by Crippen LogP contribution is -2.47. The Balaban J connectivity index is 1.97. The average Bonchev–Trinajstić information content (AvgIpc) is 2.65. The minimum atomic E-state index is -1.84. The number of hydrogen-bond donors (Lipinski definition) is 0. The third kappa shape index (κ3) is 2.95. The van der Waals surface area contributed by atoms with Crippen molar-refractivity contribution in [2.45, 2.75) is 57.2 Å². The Labute approximate surface area is 115 Å². The van der Waals surface area contributed by atoms with Gasteiger partial charge in [0, 0.05) is 0 Å². The zero-order valence-electron chi connectivity index (χ0n) is 12.1. The van der Waals surface area contributed by atoms with Crippen molar-refractivity contribution in [1.29, 1.82) is 0 Å². The van der Waals surface area contributed by atoms with Gasteiger partial charge in [0.05, 0.1) is 12.9 Å². The van der Waals surface area contributed by atoms with E-state index in [4.69, 9.17) is 18.6 Å². The molecule has 0 N–H and O–H groups in total. The number of carbonyl (C=O) groups is 1. The van der Waals surface area contributed by atoms with Gasteiger partial charge in [0.15, 0.2) is 26.6 Å². The summed E-state index contributed by atoms with van der Waals surface area (Å²) in [6.07, 6.45) is 1.57. The molecule has 0 aromatic heterocycles. The van der Waals surface area contributed by atoms with Crippen LogP contribution in [0, 0.1) is 0 Å². The van der Waals surface area contributed by atoms with Gasteiger partial charge in [0.2, 0.25) is 0 Å². The lowest BCUT2D eigenvalue weighted by atomic mass is 10.1. The molecule has 0 unspecified atom stereocenters. The summed E-state index contributed by atoms with van der Waals surface area (Å²) in [4.78, 5) is 11.1. The van der Waals surface area contributed by atoms with Crippen molar-refractivity contribution in [2.24, 2.45) is 0 Å². The molecule has 0 bridgehead atoms. The first-order valence-electron chi connectivity index (χ1n) is 6.54. The van der Waals surface area contributed by atoms with Gasteiger partial charge in [-0.3, -0.25) is 0 Å². The molecule has 19 heavy (non-hydrogen) atoms. The van der Waals surface area contributed by atoms with Crippen LogP contribution in [0.5, 0.6) is 0 Å². The molecule has 2 aliphatic rings. The van der Waals surface area contributed by atoms with E-state index in [2.05, 4.69) is 33.9 Å². The highest BCUT2D eigenvalue weighted by Gasteiger charge is 2.45. The standard InChI is InChI=1S/C13H22O5Si/c1-13(2,3)19(4,5)16-8-10-11-9(6-7-15-10)17-12(14)18-11/h6-7,9-11H,8H2,1-5H3/t9-,10-,11-/m1/s1. The van der Waals surface area contributed by atoms with E-state index in [1.165, 1.54) is 0 Å². The maximum Gasteiger partial charge on any atom is 0.509 e. The number of fused-ring (bicyclic) bond motifs is 1. The second-order valence-corrected chi connectivity index (χ2v) is 11.3. The number of hydrogen-bond acceptors (Lipinski definition) is 5. The SMILES string of the molecule is CC(C)(C)[Si](C)(C)OC[C@H]1OC=C[C@H]2OC(=O)O[C@H]21. The van der Waals surface area contributed by atoms with E-state index in [-0.39, 0.29) is 17.2 Å². The Morgan fingerprint density at radius 2 is 2.00 bits per heavy atom. The van der Waals surface area contributed by atoms with Crippen molar-refractivity contribution >= 4 is 14.5 Å². The molecular weight excluding hydrogens is 264 g/mol. The fraction of sp³-hybridized carbons (Fsp3) is 0.769. The monoisotopic (exact) mass is 286 g/mol. The highest BCUT2D eigenvalue weighted by atomic mass is 28.4. The summed E-state index contributed by atoms with van der Waals surface area (Å²) in [5, 5.41) is 0.139. The molecule has 0 saturated carbocycles. The van der Waals surface area contributed by atoms with Gasteiger partial charge < -0.3 is 18.6 Å². The third-order valence-corrected chi connectivity index (χ3v) is 8.59. The lowest BCUT2D eigenvalue weighted by molar-refractivity contribution is -0.0281. The third-order valence-electron chi connectivity index (χ3n) is 4.09. The topological polar surface area (TPSA) is 54.0 Å². The first-order valence-corrected chi connectivity index (χ1v) is 9.45. The summed E-state index contributed by atoms with van der Waals surface area (Å²) >= 11 is 0. The fourth-order valence-electron chi connectivity index (χ4n) is 1.76. The predicted octanol–water partition coefficient (Wildman–Crippen LogP) is 2.82. The van der Waals surface area contributed by atoms with Crippen LogP contribution in [-0.2, 0) is 18.6 Å².